The molecule has 0 aliphatic carbocycles. The van der Waals surface area contributed by atoms with Gasteiger partial charge in [0.1, 0.15) is 12.0 Å². The quantitative estimate of drug-likeness (QED) is 0.399. The summed E-state index contributed by atoms with van der Waals surface area (Å²) in [5, 5.41) is 33.4. The molecule has 54 valence electrons. The molecule has 0 aromatic carbocycles. The Labute approximate surface area is 52.7 Å². The van der Waals surface area contributed by atoms with Gasteiger partial charge in [0, 0.05) is 6.42 Å². The molecule has 9 heavy (non-hydrogen) atoms. The van der Waals surface area contributed by atoms with E-state index in [0.717, 1.165) is 0 Å². The van der Waals surface area contributed by atoms with E-state index >= 15 is 0 Å². The van der Waals surface area contributed by atoms with Crippen LogP contribution < -0.4 is 0 Å². The van der Waals surface area contributed by atoms with Crippen molar-refractivity contribution in [2.75, 3.05) is 6.61 Å². The molecule has 0 fully saturated rings. The minimum absolute atomic E-state index is 0.118. The Kier molecular flexibility index (Phi) is 3.83. The average Bonchev–Trinajstić information content (AvgIpc) is 1.87. The first-order chi connectivity index (χ1) is 4.20. The molecular formula is C5H10O4. The van der Waals surface area contributed by atoms with Crippen LogP contribution in [0.5, 0.6) is 0 Å². The Hall–Kier alpha value is -0.740. The van der Waals surface area contributed by atoms with Crippen molar-refractivity contribution in [3.63, 3.8) is 0 Å². The Morgan fingerprint density at radius 1 is 1.56 bits per heavy atom. The summed E-state index contributed by atoms with van der Waals surface area (Å²) in [5.74, 6) is -0.337. The number of hydrogen-bond acceptors (Lipinski definition) is 4. The highest BCUT2D eigenvalue weighted by atomic mass is 16.3. The third-order valence-corrected chi connectivity index (χ3v) is 0.805. The molecule has 0 aromatic rings. The van der Waals surface area contributed by atoms with Crippen molar-refractivity contribution >= 4 is 0 Å². The molecule has 0 saturated carbocycles. The Bertz CT molecular complexity index is 99.1. The van der Waals surface area contributed by atoms with Gasteiger partial charge in [0.05, 0.1) is 12.7 Å². The number of aliphatic hydroxyl groups excluding tert-OH is 4. The highest BCUT2D eigenvalue weighted by molar-refractivity contribution is 4.85. The molecule has 0 aromatic heterocycles. The van der Waals surface area contributed by atoms with Gasteiger partial charge in [-0.3, -0.25) is 0 Å². The fourth-order valence-corrected chi connectivity index (χ4v) is 0.359. The topological polar surface area (TPSA) is 80.9 Å². The molecule has 4 heteroatoms. The normalized spacial score (nSPS) is 15.6. The standard InChI is InChI=1S/C5H10O4/c6-2-4(8)1-5(9)3-7/h2,5-9H,1,3H2. The van der Waals surface area contributed by atoms with Crippen LogP contribution in [0.2, 0.25) is 0 Å². The molecule has 0 amide bonds. The summed E-state index contributed by atoms with van der Waals surface area (Å²) in [6, 6.07) is 0. The molecule has 0 spiro atoms. The lowest BCUT2D eigenvalue weighted by Crippen LogP contribution is -2.12. The van der Waals surface area contributed by atoms with Crippen LogP contribution in [0.1, 0.15) is 6.42 Å². The van der Waals surface area contributed by atoms with Gasteiger partial charge in [0.25, 0.3) is 0 Å². The number of aliphatic hydroxyl groups is 4. The third-order valence-electron chi connectivity index (χ3n) is 0.805. The average molecular weight is 134 g/mol. The fourth-order valence-electron chi connectivity index (χ4n) is 0.359. The second-order valence-corrected chi connectivity index (χ2v) is 1.66. The van der Waals surface area contributed by atoms with Crippen molar-refractivity contribution < 1.29 is 20.4 Å². The molecule has 0 saturated heterocycles. The van der Waals surface area contributed by atoms with Crippen molar-refractivity contribution in [1.29, 1.82) is 0 Å². The summed E-state index contributed by atoms with van der Waals surface area (Å²) in [6.45, 7) is -0.419. The van der Waals surface area contributed by atoms with Gasteiger partial charge in [-0.1, -0.05) is 0 Å². The predicted octanol–water partition coefficient (Wildman–Crippen LogP) is -0.313. The van der Waals surface area contributed by atoms with Gasteiger partial charge in [-0.2, -0.15) is 0 Å². The Balaban J connectivity index is 3.47. The molecule has 0 rings (SSSR count). The van der Waals surface area contributed by atoms with Crippen LogP contribution in [-0.4, -0.2) is 33.1 Å². The highest BCUT2D eigenvalue weighted by Gasteiger charge is 2.03. The van der Waals surface area contributed by atoms with E-state index < -0.39 is 12.7 Å². The zero-order valence-corrected chi connectivity index (χ0v) is 4.86. The molecule has 4 nitrogen and oxygen atoms in total. The number of rotatable bonds is 3. The summed E-state index contributed by atoms with van der Waals surface area (Å²) in [6.07, 6.45) is -0.625. The Morgan fingerprint density at radius 2 is 2.11 bits per heavy atom. The maximum absolute atomic E-state index is 8.60. The monoisotopic (exact) mass is 134 g/mol. The van der Waals surface area contributed by atoms with Crippen molar-refractivity contribution in [2.45, 2.75) is 12.5 Å². The van der Waals surface area contributed by atoms with E-state index in [0.29, 0.717) is 6.26 Å². The summed E-state index contributed by atoms with van der Waals surface area (Å²) < 4.78 is 0. The zero-order valence-electron chi connectivity index (χ0n) is 4.86. The molecule has 4 N–H and O–H groups in total. The molecule has 0 bridgehead atoms. The van der Waals surface area contributed by atoms with Crippen LogP contribution in [0, 0.1) is 0 Å². The van der Waals surface area contributed by atoms with Crippen molar-refractivity contribution in [1.82, 2.24) is 0 Å². The largest absolute Gasteiger partial charge is 0.512 e. The van der Waals surface area contributed by atoms with Gasteiger partial charge in [0.2, 0.25) is 0 Å². The van der Waals surface area contributed by atoms with E-state index in [1.54, 1.807) is 0 Å². The first kappa shape index (κ1) is 8.26. The zero-order chi connectivity index (χ0) is 7.28. The van der Waals surface area contributed by atoms with E-state index in [4.69, 9.17) is 20.4 Å². The van der Waals surface area contributed by atoms with Crippen molar-refractivity contribution in [3.8, 4) is 0 Å². The Morgan fingerprint density at radius 3 is 2.44 bits per heavy atom. The summed E-state index contributed by atoms with van der Waals surface area (Å²) in [5.41, 5.74) is 0. The van der Waals surface area contributed by atoms with E-state index in [1.165, 1.54) is 0 Å². The van der Waals surface area contributed by atoms with Gasteiger partial charge in [0.15, 0.2) is 0 Å². The second-order valence-electron chi connectivity index (χ2n) is 1.66. The van der Waals surface area contributed by atoms with Crippen LogP contribution in [0.15, 0.2) is 12.0 Å². The highest BCUT2D eigenvalue weighted by Crippen LogP contribution is 1.98. The van der Waals surface area contributed by atoms with Gasteiger partial charge in [-0.05, 0) is 0 Å². The van der Waals surface area contributed by atoms with Gasteiger partial charge >= 0.3 is 0 Å². The lowest BCUT2D eigenvalue weighted by atomic mass is 10.2. The molecule has 0 aliphatic heterocycles. The molecule has 1 atom stereocenters. The summed E-state index contributed by atoms with van der Waals surface area (Å²) in [4.78, 5) is 0. The summed E-state index contributed by atoms with van der Waals surface area (Å²) >= 11 is 0. The van der Waals surface area contributed by atoms with Crippen LogP contribution in [0.4, 0.5) is 0 Å². The van der Waals surface area contributed by atoms with Crippen LogP contribution in [-0.2, 0) is 0 Å². The van der Waals surface area contributed by atoms with E-state index in [2.05, 4.69) is 0 Å². The van der Waals surface area contributed by atoms with Crippen LogP contribution >= 0.6 is 0 Å². The smallest absolute Gasteiger partial charge is 0.129 e. The van der Waals surface area contributed by atoms with E-state index in [1.807, 2.05) is 0 Å². The van der Waals surface area contributed by atoms with Gasteiger partial charge < -0.3 is 20.4 Å². The molecule has 1 unspecified atom stereocenters. The lowest BCUT2D eigenvalue weighted by molar-refractivity contribution is 0.0851. The molecule has 0 aliphatic rings. The third kappa shape index (κ3) is 3.81. The van der Waals surface area contributed by atoms with E-state index in [9.17, 15) is 0 Å². The van der Waals surface area contributed by atoms with E-state index in [-0.39, 0.29) is 12.2 Å². The molecule has 0 radical (unpaired) electrons. The van der Waals surface area contributed by atoms with Crippen molar-refractivity contribution in [2.24, 2.45) is 0 Å². The second kappa shape index (κ2) is 4.17. The van der Waals surface area contributed by atoms with Crippen molar-refractivity contribution in [3.05, 3.63) is 12.0 Å². The fraction of sp³-hybridized carbons (Fsp3) is 0.600. The van der Waals surface area contributed by atoms with Crippen LogP contribution in [0.25, 0.3) is 0 Å². The first-order valence-corrected chi connectivity index (χ1v) is 2.51. The minimum Gasteiger partial charge on any atom is -0.512 e. The maximum Gasteiger partial charge on any atom is 0.129 e. The van der Waals surface area contributed by atoms with Crippen LogP contribution in [0.3, 0.4) is 0 Å². The first-order valence-electron chi connectivity index (χ1n) is 2.51. The number of hydrogen-bond donors (Lipinski definition) is 4. The maximum atomic E-state index is 8.60. The van der Waals surface area contributed by atoms with Gasteiger partial charge in [-0.25, -0.2) is 0 Å². The predicted molar refractivity (Wildman–Crippen MR) is 31.1 cm³/mol. The molecule has 0 heterocycles. The minimum atomic E-state index is -0.992. The lowest BCUT2D eigenvalue weighted by Gasteiger charge is -2.03. The molecular weight excluding hydrogens is 124 g/mol. The van der Waals surface area contributed by atoms with Gasteiger partial charge in [-0.15, -0.1) is 0 Å². The summed E-state index contributed by atoms with van der Waals surface area (Å²) in [7, 11) is 0. The SMILES string of the molecule is OC=C(O)CC(O)CO.